The third-order valence-corrected chi connectivity index (χ3v) is 11.7. The number of phenolic OH excluding ortho intramolecular Hbond substituents is 1. The number of carbonyl (C=O) groups is 3. The van der Waals surface area contributed by atoms with Crippen LogP contribution in [0.2, 0.25) is 0 Å². The minimum absolute atomic E-state index is 0.0666. The molecule has 0 saturated heterocycles. The molecule has 8 rings (SSSR count). The number of hydrogen-bond donors (Lipinski definition) is 7. The second-order valence-corrected chi connectivity index (χ2v) is 15.9. The molecule has 54 heavy (non-hydrogen) atoms. The Morgan fingerprint density at radius 3 is 2.30 bits per heavy atom. The summed E-state index contributed by atoms with van der Waals surface area (Å²) in [6, 6.07) is 0.124. The Hall–Kier alpha value is -5.41. The molecule has 8 N–H and O–H groups in total. The third kappa shape index (κ3) is 8.52. The van der Waals surface area contributed by atoms with E-state index in [1.54, 1.807) is 41.6 Å². The van der Waals surface area contributed by atoms with Crippen LogP contribution in [0.4, 0.5) is 10.7 Å². The van der Waals surface area contributed by atoms with Crippen molar-refractivity contribution in [2.75, 3.05) is 5.73 Å². The smallest absolute Gasteiger partial charge is 0.405 e. The summed E-state index contributed by atoms with van der Waals surface area (Å²) >= 11 is 0. The van der Waals surface area contributed by atoms with E-state index < -0.39 is 36.0 Å². The van der Waals surface area contributed by atoms with Gasteiger partial charge in [0.2, 0.25) is 17.7 Å². The summed E-state index contributed by atoms with van der Waals surface area (Å²) in [7, 11) is 0. The molecule has 4 bridgehead atoms. The van der Waals surface area contributed by atoms with E-state index in [-0.39, 0.29) is 36.3 Å². The fourth-order valence-electron chi connectivity index (χ4n) is 9.80. The predicted octanol–water partition coefficient (Wildman–Crippen LogP) is 3.90. The van der Waals surface area contributed by atoms with Crippen LogP contribution in [-0.2, 0) is 35.4 Å². The molecule has 4 aliphatic rings. The molecule has 1 aromatic carbocycles. The van der Waals surface area contributed by atoms with Crippen LogP contribution in [0.1, 0.15) is 91.5 Å². The number of aryl methyl sites for hydroxylation is 3. The fraction of sp³-hybridized carbons (Fsp3) is 0.553. The lowest BCUT2D eigenvalue weighted by molar-refractivity contribution is -0.130. The molecular formula is C38H50N10O6. The molecule has 3 heterocycles. The fourth-order valence-corrected chi connectivity index (χ4v) is 9.80. The van der Waals surface area contributed by atoms with Gasteiger partial charge in [0, 0.05) is 44.4 Å². The number of rotatable bonds is 16. The quantitative estimate of drug-likeness (QED) is 0.0869. The average molecular weight is 743 g/mol. The molecule has 288 valence electrons. The van der Waals surface area contributed by atoms with Crippen molar-refractivity contribution in [1.29, 1.82) is 0 Å². The number of aromatic amines is 1. The lowest BCUT2D eigenvalue weighted by atomic mass is 9.49. The Morgan fingerprint density at radius 2 is 1.69 bits per heavy atom. The van der Waals surface area contributed by atoms with Crippen LogP contribution >= 0.6 is 0 Å². The van der Waals surface area contributed by atoms with E-state index in [0.29, 0.717) is 30.4 Å². The summed E-state index contributed by atoms with van der Waals surface area (Å²) in [6.07, 6.45) is 14.4. The van der Waals surface area contributed by atoms with Gasteiger partial charge in [-0.15, -0.1) is 0 Å². The molecule has 4 saturated carbocycles. The molecule has 16 heteroatoms. The molecule has 3 amide bonds. The van der Waals surface area contributed by atoms with Crippen molar-refractivity contribution in [2.24, 2.45) is 23.2 Å². The number of carbonyl (C=O) groups excluding carboxylic acids is 2. The highest BCUT2D eigenvalue weighted by Crippen LogP contribution is 2.60. The SMILES string of the molecule is Cc1cc(O)cc(C)c1CC(NC(=O)C(CCCn1ccnc1N)NC(=O)O)C(=O)N[C@@H](Cc1c[nH]cn1)c1nc(CC23CC4CC(CC(C4)C2)C3)no1. The van der Waals surface area contributed by atoms with Gasteiger partial charge >= 0.3 is 6.09 Å². The van der Waals surface area contributed by atoms with Crippen LogP contribution in [-0.4, -0.2) is 69.9 Å². The number of amides is 3. The standard InChI is InChI=1S/C38H50N10O6/c1-21-8-27(49)9-22(2)28(21)14-30(43-33(50)29(45-37(52)53)4-3-6-48-7-5-41-36(48)39)34(51)44-31(13-26-19-40-20-42-26)35-46-32(47-54-35)18-38-15-23-10-24(16-38)12-25(11-23)17-38/h5,7-9,19-20,23-25,29-31,45,49H,3-4,6,10-18H2,1-2H3,(H2,39,41)(H,40,42)(H,43,50)(H,44,51)(H,52,53)/t23?,24?,25?,29?,30?,31-,38?/m0/s1. The number of H-pyrrole nitrogens is 1. The number of nitrogens with two attached hydrogens (primary N) is 1. The Balaban J connectivity index is 1.11. The number of nitrogens with zero attached hydrogens (tertiary/aromatic N) is 5. The molecule has 2 unspecified atom stereocenters. The number of imidazole rings is 2. The van der Waals surface area contributed by atoms with E-state index in [1.807, 2.05) is 13.8 Å². The average Bonchev–Trinajstić information content (AvgIpc) is 3.87. The highest BCUT2D eigenvalue weighted by atomic mass is 16.5. The summed E-state index contributed by atoms with van der Waals surface area (Å²) in [5.74, 6) is 2.42. The van der Waals surface area contributed by atoms with Crippen LogP contribution in [0.3, 0.4) is 0 Å². The van der Waals surface area contributed by atoms with Gasteiger partial charge < -0.3 is 46.0 Å². The predicted molar refractivity (Wildman–Crippen MR) is 196 cm³/mol. The van der Waals surface area contributed by atoms with E-state index >= 15 is 0 Å². The largest absolute Gasteiger partial charge is 0.508 e. The van der Waals surface area contributed by atoms with E-state index in [0.717, 1.165) is 40.9 Å². The van der Waals surface area contributed by atoms with Gasteiger partial charge in [-0.3, -0.25) is 9.59 Å². The van der Waals surface area contributed by atoms with Crippen molar-refractivity contribution >= 4 is 23.9 Å². The molecule has 3 aromatic heterocycles. The van der Waals surface area contributed by atoms with Crippen molar-refractivity contribution in [3.63, 3.8) is 0 Å². The molecule has 0 aliphatic heterocycles. The van der Waals surface area contributed by atoms with E-state index in [4.69, 9.17) is 15.2 Å². The van der Waals surface area contributed by atoms with Gasteiger partial charge in [-0.25, -0.2) is 14.8 Å². The summed E-state index contributed by atoms with van der Waals surface area (Å²) in [4.78, 5) is 56.2. The number of aromatic nitrogens is 6. The number of anilines is 1. The van der Waals surface area contributed by atoms with Crippen LogP contribution in [0.15, 0.2) is 41.6 Å². The second kappa shape index (κ2) is 15.5. The summed E-state index contributed by atoms with van der Waals surface area (Å²) in [5.41, 5.74) is 8.96. The highest BCUT2D eigenvalue weighted by Gasteiger charge is 2.51. The van der Waals surface area contributed by atoms with Gasteiger partial charge in [0.25, 0.3) is 0 Å². The number of nitrogens with one attached hydrogen (secondary N) is 4. The Kier molecular flexibility index (Phi) is 10.6. The Morgan fingerprint density at radius 1 is 1.00 bits per heavy atom. The minimum Gasteiger partial charge on any atom is -0.508 e. The summed E-state index contributed by atoms with van der Waals surface area (Å²) in [5, 5.41) is 32.4. The van der Waals surface area contributed by atoms with Crippen LogP contribution in [0, 0.1) is 37.0 Å². The van der Waals surface area contributed by atoms with Crippen molar-refractivity contribution in [1.82, 2.24) is 45.6 Å². The monoisotopic (exact) mass is 742 g/mol. The first-order valence-electron chi connectivity index (χ1n) is 18.9. The number of nitrogen functional groups attached to an aromatic ring is 1. The molecule has 3 atom stereocenters. The number of carboxylic acid groups (broad SMARTS) is 1. The molecule has 0 radical (unpaired) electrons. The van der Waals surface area contributed by atoms with Gasteiger partial charge in [0.15, 0.2) is 11.8 Å². The molecule has 4 aromatic rings. The third-order valence-electron chi connectivity index (χ3n) is 11.7. The normalized spacial score (nSPS) is 23.1. The van der Waals surface area contributed by atoms with Gasteiger partial charge in [0.1, 0.15) is 23.9 Å². The number of hydrogen-bond acceptors (Lipinski definition) is 10. The van der Waals surface area contributed by atoms with Gasteiger partial charge in [-0.2, -0.15) is 4.98 Å². The van der Waals surface area contributed by atoms with Gasteiger partial charge in [-0.05, 0) is 117 Å². The zero-order valence-corrected chi connectivity index (χ0v) is 30.8. The molecular weight excluding hydrogens is 692 g/mol. The number of benzene rings is 1. The lowest BCUT2D eigenvalue weighted by Gasteiger charge is -2.56. The number of aromatic hydroxyl groups is 1. The highest BCUT2D eigenvalue weighted by molar-refractivity contribution is 5.91. The van der Waals surface area contributed by atoms with Crippen molar-refractivity contribution in [3.05, 3.63) is 71.1 Å². The van der Waals surface area contributed by atoms with Crippen LogP contribution in [0.5, 0.6) is 5.75 Å². The van der Waals surface area contributed by atoms with Crippen LogP contribution < -0.4 is 21.7 Å². The number of phenols is 1. The first-order chi connectivity index (χ1) is 25.9. The van der Waals surface area contributed by atoms with Crippen molar-refractivity contribution in [3.8, 4) is 5.75 Å². The van der Waals surface area contributed by atoms with Crippen LogP contribution in [0.25, 0.3) is 0 Å². The van der Waals surface area contributed by atoms with Crippen molar-refractivity contribution < 1.29 is 29.1 Å². The summed E-state index contributed by atoms with van der Waals surface area (Å²) < 4.78 is 7.57. The zero-order chi connectivity index (χ0) is 38.0. The lowest BCUT2D eigenvalue weighted by Crippen LogP contribution is -2.55. The zero-order valence-electron chi connectivity index (χ0n) is 30.8. The molecule has 4 aliphatic carbocycles. The maximum atomic E-state index is 14.4. The molecule has 0 spiro atoms. The maximum Gasteiger partial charge on any atom is 0.405 e. The first-order valence-corrected chi connectivity index (χ1v) is 18.9. The Bertz CT molecular complexity index is 1900. The first kappa shape index (κ1) is 36.9. The van der Waals surface area contributed by atoms with Crippen molar-refractivity contribution in [2.45, 2.75) is 109 Å². The Labute approximate surface area is 313 Å². The minimum atomic E-state index is -1.37. The summed E-state index contributed by atoms with van der Waals surface area (Å²) in [6.45, 7) is 4.05. The van der Waals surface area contributed by atoms with E-state index in [1.165, 1.54) is 38.5 Å². The van der Waals surface area contributed by atoms with E-state index in [2.05, 4.69) is 36.1 Å². The van der Waals surface area contributed by atoms with Gasteiger partial charge in [0.05, 0.1) is 12.0 Å². The topological polar surface area (TPSA) is 239 Å². The second-order valence-electron chi connectivity index (χ2n) is 15.9. The maximum absolute atomic E-state index is 14.4. The molecule has 16 nitrogen and oxygen atoms in total. The van der Waals surface area contributed by atoms with E-state index in [9.17, 15) is 24.6 Å². The molecule has 4 fully saturated rings. The van der Waals surface area contributed by atoms with Gasteiger partial charge in [-0.1, -0.05) is 5.16 Å².